The van der Waals surface area contributed by atoms with Crippen LogP contribution < -0.4 is 0 Å². The molecule has 0 aliphatic carbocycles. The van der Waals surface area contributed by atoms with Crippen LogP contribution in [0.15, 0.2) is 47.4 Å². The zero-order chi connectivity index (χ0) is 16.3. The van der Waals surface area contributed by atoms with Crippen molar-refractivity contribution in [3.63, 3.8) is 0 Å². The second-order valence-electron chi connectivity index (χ2n) is 4.19. The number of hydrogen-bond donors (Lipinski definition) is 0. The van der Waals surface area contributed by atoms with Crippen molar-refractivity contribution in [2.24, 2.45) is 0 Å². The summed E-state index contributed by atoms with van der Waals surface area (Å²) in [7, 11) is -5.74. The van der Waals surface area contributed by atoms with Crippen molar-refractivity contribution in [3.8, 4) is 0 Å². The fourth-order valence-electron chi connectivity index (χ4n) is 1.55. The van der Waals surface area contributed by atoms with E-state index in [-0.39, 0.29) is 0 Å². The van der Waals surface area contributed by atoms with Crippen molar-refractivity contribution >= 4 is 31.8 Å². The van der Waals surface area contributed by atoms with Gasteiger partial charge in [-0.3, -0.25) is 0 Å². The smallest absolute Gasteiger partial charge is 0.485 e. The van der Waals surface area contributed by atoms with E-state index in [4.69, 9.17) is 13.0 Å². The van der Waals surface area contributed by atoms with Crippen LogP contribution in [0.2, 0.25) is 0 Å². The van der Waals surface area contributed by atoms with Gasteiger partial charge in [-0.1, -0.05) is 30.3 Å². The highest BCUT2D eigenvalue weighted by Crippen LogP contribution is 2.22. The summed E-state index contributed by atoms with van der Waals surface area (Å²) in [5.74, 6) is 0. The number of halogens is 3. The van der Waals surface area contributed by atoms with Crippen molar-refractivity contribution in [3.05, 3.63) is 42.5 Å². The highest BCUT2D eigenvalue weighted by molar-refractivity contribution is 7.95. The Labute approximate surface area is 123 Å². The largest absolute Gasteiger partial charge is 0.741 e. The van der Waals surface area contributed by atoms with E-state index in [2.05, 4.69) is 55.0 Å². The zero-order valence-corrected chi connectivity index (χ0v) is 12.8. The lowest BCUT2D eigenvalue weighted by Gasteiger charge is -2.08. The van der Waals surface area contributed by atoms with Crippen LogP contribution in [0.25, 0.3) is 10.8 Å². The quantitative estimate of drug-likeness (QED) is 0.456. The molecule has 116 valence electrons. The second-order valence-corrected chi connectivity index (χ2v) is 7.64. The Hall–Kier alpha value is -1.25. The Morgan fingerprint density at radius 1 is 1.00 bits per heavy atom. The maximum absolute atomic E-state index is 10.7. The molecule has 8 heteroatoms. The van der Waals surface area contributed by atoms with Gasteiger partial charge in [0.15, 0.2) is 15.0 Å². The molecular weight excluding hydrogens is 325 g/mol. The molecule has 0 atom stereocenters. The van der Waals surface area contributed by atoms with E-state index in [0.717, 1.165) is 0 Å². The van der Waals surface area contributed by atoms with Gasteiger partial charge in [0.05, 0.1) is 0 Å². The first kappa shape index (κ1) is 17.8. The average Bonchev–Trinajstić information content (AvgIpc) is 2.36. The van der Waals surface area contributed by atoms with Crippen LogP contribution in [0, 0.1) is 0 Å². The summed E-state index contributed by atoms with van der Waals surface area (Å²) in [6, 6.07) is 15.1. The first-order valence-corrected chi connectivity index (χ1v) is 9.06. The lowest BCUT2D eigenvalue weighted by molar-refractivity contribution is -0.0517. The highest BCUT2D eigenvalue weighted by Gasteiger charge is 2.36. The molecule has 2 aromatic rings. The minimum absolute atomic E-state index is 0.346. The predicted molar refractivity (Wildman–Crippen MR) is 77.2 cm³/mol. The van der Waals surface area contributed by atoms with Gasteiger partial charge < -0.3 is 4.55 Å². The molecule has 0 spiro atoms. The van der Waals surface area contributed by atoms with E-state index >= 15 is 0 Å². The maximum Gasteiger partial charge on any atom is 0.485 e. The Morgan fingerprint density at radius 2 is 1.48 bits per heavy atom. The van der Waals surface area contributed by atoms with Crippen molar-refractivity contribution in [2.75, 3.05) is 12.5 Å². The van der Waals surface area contributed by atoms with Crippen molar-refractivity contribution in [1.82, 2.24) is 0 Å². The first-order valence-electron chi connectivity index (χ1n) is 5.61. The molecule has 2 rings (SSSR count). The third-order valence-corrected chi connectivity index (χ3v) is 4.28. The summed E-state index contributed by atoms with van der Waals surface area (Å²) in [6.45, 7) is 0. The average molecular weight is 338 g/mol. The van der Waals surface area contributed by atoms with Gasteiger partial charge >= 0.3 is 5.51 Å². The monoisotopic (exact) mass is 338 g/mol. The molecule has 0 amide bonds. The molecule has 0 radical (unpaired) electrons. The molecule has 0 N–H and O–H groups in total. The van der Waals surface area contributed by atoms with Gasteiger partial charge in [-0.05, 0) is 17.5 Å². The number of rotatable bonds is 1. The summed E-state index contributed by atoms with van der Waals surface area (Å²) >= 11 is 0. The fraction of sp³-hybridized carbons (Fsp3) is 0.231. The Bertz CT molecular complexity index is 705. The predicted octanol–water partition coefficient (Wildman–Crippen LogP) is 3.13. The molecule has 0 saturated carbocycles. The van der Waals surface area contributed by atoms with Gasteiger partial charge in [0.1, 0.15) is 12.5 Å². The fourth-order valence-corrected chi connectivity index (χ4v) is 2.53. The number of hydrogen-bond acceptors (Lipinski definition) is 3. The van der Waals surface area contributed by atoms with Crippen molar-refractivity contribution < 1.29 is 26.1 Å². The highest BCUT2D eigenvalue weighted by atomic mass is 32.2. The van der Waals surface area contributed by atoms with Crippen LogP contribution in [-0.2, 0) is 21.0 Å². The third-order valence-electron chi connectivity index (χ3n) is 2.47. The number of benzene rings is 2. The number of fused-ring (bicyclic) bond motifs is 1. The summed E-state index contributed by atoms with van der Waals surface area (Å²) in [4.78, 5) is 1.47. The van der Waals surface area contributed by atoms with E-state index in [1.54, 1.807) is 0 Å². The van der Waals surface area contributed by atoms with E-state index < -0.39 is 15.6 Å². The molecule has 0 unspecified atom stereocenters. The minimum atomic E-state index is -6.09. The first-order chi connectivity index (χ1) is 9.54. The molecule has 0 bridgehead atoms. The molecule has 0 aliphatic rings. The Morgan fingerprint density at radius 3 is 1.95 bits per heavy atom. The lowest BCUT2D eigenvalue weighted by atomic mass is 10.1. The summed E-state index contributed by atoms with van der Waals surface area (Å²) < 4.78 is 58.9. The Balaban J connectivity index is 0.000000240. The summed E-state index contributed by atoms with van der Waals surface area (Å²) in [6.07, 6.45) is 4.53. The molecule has 0 heterocycles. The molecule has 0 saturated heterocycles. The second kappa shape index (κ2) is 6.67. The third kappa shape index (κ3) is 4.90. The van der Waals surface area contributed by atoms with Crippen LogP contribution in [0.3, 0.4) is 0 Å². The van der Waals surface area contributed by atoms with E-state index in [0.29, 0.717) is 10.9 Å². The van der Waals surface area contributed by atoms with Crippen molar-refractivity contribution in [1.29, 1.82) is 0 Å². The van der Waals surface area contributed by atoms with E-state index in [1.807, 2.05) is 0 Å². The van der Waals surface area contributed by atoms with E-state index in [9.17, 15) is 13.2 Å². The van der Waals surface area contributed by atoms with E-state index in [1.165, 1.54) is 15.7 Å². The topological polar surface area (TPSA) is 57.2 Å². The molecule has 0 aliphatic heterocycles. The standard InChI is InChI=1S/C12H13S.CHF3O3S/c1-13(2)12-9-5-7-10-6-3-4-8-11(10)12;2-1(3,4)8(5,6)7/h3-9H,1-2H3;(H,5,6,7)/q+1;/p-1. The normalized spacial score (nSPS) is 12.1. The molecule has 21 heavy (non-hydrogen) atoms. The van der Waals surface area contributed by atoms with Gasteiger partial charge in [0.25, 0.3) is 0 Å². The minimum Gasteiger partial charge on any atom is -0.741 e. The zero-order valence-electron chi connectivity index (χ0n) is 11.2. The maximum atomic E-state index is 10.7. The molecule has 3 nitrogen and oxygen atoms in total. The van der Waals surface area contributed by atoms with Gasteiger partial charge in [0.2, 0.25) is 0 Å². The van der Waals surface area contributed by atoms with Crippen molar-refractivity contribution in [2.45, 2.75) is 10.4 Å². The molecule has 0 aromatic heterocycles. The molecule has 0 fully saturated rings. The van der Waals surface area contributed by atoms with Crippen LogP contribution in [-0.4, -0.2) is 31.0 Å². The van der Waals surface area contributed by atoms with Crippen LogP contribution >= 0.6 is 0 Å². The van der Waals surface area contributed by atoms with Crippen LogP contribution in [0.4, 0.5) is 13.2 Å². The molecule has 2 aromatic carbocycles. The van der Waals surface area contributed by atoms with Gasteiger partial charge in [-0.25, -0.2) is 8.42 Å². The SMILES string of the molecule is C[S+](C)c1cccc2ccccc12.O=S(=O)([O-])C(F)(F)F. The van der Waals surface area contributed by atoms with Gasteiger partial charge in [-0.15, -0.1) is 0 Å². The van der Waals surface area contributed by atoms with Gasteiger partial charge in [-0.2, -0.15) is 13.2 Å². The number of alkyl halides is 3. The summed E-state index contributed by atoms with van der Waals surface area (Å²) in [5.41, 5.74) is -5.65. The Kier molecular flexibility index (Phi) is 5.66. The van der Waals surface area contributed by atoms with Gasteiger partial charge in [0, 0.05) is 16.3 Å². The summed E-state index contributed by atoms with van der Waals surface area (Å²) in [5, 5.41) is 2.75. The van der Waals surface area contributed by atoms with Crippen LogP contribution in [0.5, 0.6) is 0 Å². The van der Waals surface area contributed by atoms with Crippen LogP contribution in [0.1, 0.15) is 0 Å². The molecular formula is C13H13F3O3S2. The lowest BCUT2D eigenvalue weighted by Crippen LogP contribution is -2.21.